The summed E-state index contributed by atoms with van der Waals surface area (Å²) in [7, 11) is -3.39. The third-order valence-corrected chi connectivity index (χ3v) is 3.75. The molecule has 0 fully saturated rings. The maximum atomic E-state index is 12.0. The summed E-state index contributed by atoms with van der Waals surface area (Å²) in [5, 5.41) is 11.6. The van der Waals surface area contributed by atoms with E-state index >= 15 is 0 Å². The molecular weight excluding hydrogens is 308 g/mol. The minimum absolute atomic E-state index is 0.374. The maximum Gasteiger partial charge on any atom is 0.318 e. The summed E-state index contributed by atoms with van der Waals surface area (Å²) in [6.07, 6.45) is 1.04. The smallest absolute Gasteiger partial charge is 0.318 e. The quantitative estimate of drug-likeness (QED) is 0.682. The predicted molar refractivity (Wildman–Crippen MR) is 82.9 cm³/mol. The lowest BCUT2D eigenvalue weighted by Crippen LogP contribution is -2.43. The van der Waals surface area contributed by atoms with Crippen LogP contribution >= 0.6 is 0 Å². The monoisotopic (exact) mass is 328 g/mol. The third kappa shape index (κ3) is 4.73. The van der Waals surface area contributed by atoms with Crippen LogP contribution in [-0.4, -0.2) is 31.7 Å². The number of amides is 1. The van der Waals surface area contributed by atoms with Gasteiger partial charge in [-0.3, -0.25) is 14.3 Å². The first-order valence-electron chi connectivity index (χ1n) is 6.55. The lowest BCUT2D eigenvalue weighted by atomic mass is 9.92. The Labute approximate surface area is 129 Å². The standard InChI is InChI=1S/C14H20N2O5S/c1-9(15-12(17)14(2,3)13(18)19)10-6-5-7-11(8-10)16-22(4,20)21/h5-9,16H,1-4H3,(H,15,17)(H,18,19). The van der Waals surface area contributed by atoms with Gasteiger partial charge in [-0.2, -0.15) is 0 Å². The molecule has 0 spiro atoms. The molecule has 1 aromatic rings. The highest BCUT2D eigenvalue weighted by atomic mass is 32.2. The molecule has 0 bridgehead atoms. The van der Waals surface area contributed by atoms with E-state index in [0.29, 0.717) is 11.3 Å². The van der Waals surface area contributed by atoms with Crippen LogP contribution in [0.5, 0.6) is 0 Å². The maximum absolute atomic E-state index is 12.0. The van der Waals surface area contributed by atoms with Gasteiger partial charge in [0.2, 0.25) is 15.9 Å². The predicted octanol–water partition coefficient (Wildman–Crippen LogP) is 1.35. The van der Waals surface area contributed by atoms with Gasteiger partial charge in [-0.25, -0.2) is 8.42 Å². The number of anilines is 1. The normalized spacial score (nSPS) is 13.3. The van der Waals surface area contributed by atoms with E-state index in [0.717, 1.165) is 6.26 Å². The zero-order valence-corrected chi connectivity index (χ0v) is 13.7. The average molecular weight is 328 g/mol. The molecule has 7 nitrogen and oxygen atoms in total. The number of carboxylic acids is 1. The topological polar surface area (TPSA) is 113 Å². The molecule has 3 N–H and O–H groups in total. The van der Waals surface area contributed by atoms with Crippen molar-refractivity contribution in [2.24, 2.45) is 5.41 Å². The second kappa shape index (κ2) is 6.35. The molecule has 0 saturated carbocycles. The molecule has 0 aromatic heterocycles. The lowest BCUT2D eigenvalue weighted by molar-refractivity contribution is -0.153. The van der Waals surface area contributed by atoms with E-state index in [1.54, 1.807) is 31.2 Å². The van der Waals surface area contributed by atoms with Crippen molar-refractivity contribution in [3.05, 3.63) is 29.8 Å². The van der Waals surface area contributed by atoms with Crippen LogP contribution in [0.15, 0.2) is 24.3 Å². The molecule has 0 radical (unpaired) electrons. The van der Waals surface area contributed by atoms with Crippen molar-refractivity contribution in [3.63, 3.8) is 0 Å². The van der Waals surface area contributed by atoms with Gasteiger partial charge in [0, 0.05) is 5.69 Å². The van der Waals surface area contributed by atoms with Crippen LogP contribution in [-0.2, 0) is 19.6 Å². The second-order valence-corrected chi connectivity index (χ2v) is 7.37. The first-order valence-corrected chi connectivity index (χ1v) is 8.45. The van der Waals surface area contributed by atoms with Gasteiger partial charge in [0.15, 0.2) is 0 Å². The minimum Gasteiger partial charge on any atom is -0.480 e. The fraction of sp³-hybridized carbons (Fsp3) is 0.429. The van der Waals surface area contributed by atoms with Crippen molar-refractivity contribution in [3.8, 4) is 0 Å². The van der Waals surface area contributed by atoms with Crippen LogP contribution < -0.4 is 10.0 Å². The number of benzene rings is 1. The summed E-state index contributed by atoms with van der Waals surface area (Å²) < 4.78 is 24.8. The van der Waals surface area contributed by atoms with E-state index in [2.05, 4.69) is 10.0 Å². The highest BCUT2D eigenvalue weighted by molar-refractivity contribution is 7.92. The van der Waals surface area contributed by atoms with E-state index in [4.69, 9.17) is 5.11 Å². The number of hydrogen-bond acceptors (Lipinski definition) is 4. The number of nitrogens with one attached hydrogen (secondary N) is 2. The molecule has 8 heteroatoms. The number of carbonyl (C=O) groups is 2. The van der Waals surface area contributed by atoms with Crippen molar-refractivity contribution < 1.29 is 23.1 Å². The number of carbonyl (C=O) groups excluding carboxylic acids is 1. The number of rotatable bonds is 6. The molecule has 1 atom stereocenters. The number of carboxylic acid groups (broad SMARTS) is 1. The van der Waals surface area contributed by atoms with Gasteiger partial charge in [0.25, 0.3) is 0 Å². The van der Waals surface area contributed by atoms with E-state index in [1.165, 1.54) is 13.8 Å². The fourth-order valence-electron chi connectivity index (χ4n) is 1.64. The van der Waals surface area contributed by atoms with Crippen molar-refractivity contribution in [2.75, 3.05) is 11.0 Å². The van der Waals surface area contributed by atoms with E-state index in [-0.39, 0.29) is 0 Å². The molecule has 1 amide bonds. The molecule has 0 heterocycles. The molecule has 22 heavy (non-hydrogen) atoms. The Morgan fingerprint density at radius 2 is 1.86 bits per heavy atom. The van der Waals surface area contributed by atoms with Crippen LogP contribution in [0.3, 0.4) is 0 Å². The number of sulfonamides is 1. The Morgan fingerprint density at radius 1 is 1.27 bits per heavy atom. The first-order chi connectivity index (χ1) is 9.93. The van der Waals surface area contributed by atoms with Gasteiger partial charge in [0.1, 0.15) is 5.41 Å². The lowest BCUT2D eigenvalue weighted by Gasteiger charge is -2.22. The van der Waals surface area contributed by atoms with Gasteiger partial charge in [-0.1, -0.05) is 12.1 Å². The average Bonchev–Trinajstić information content (AvgIpc) is 2.36. The molecule has 0 saturated heterocycles. The zero-order valence-electron chi connectivity index (χ0n) is 12.9. The van der Waals surface area contributed by atoms with Gasteiger partial charge in [0.05, 0.1) is 12.3 Å². The van der Waals surface area contributed by atoms with Crippen LogP contribution in [0, 0.1) is 5.41 Å². The Balaban J connectivity index is 2.91. The first kappa shape index (κ1) is 18.0. The largest absolute Gasteiger partial charge is 0.480 e. The van der Waals surface area contributed by atoms with Gasteiger partial charge >= 0.3 is 5.97 Å². The van der Waals surface area contributed by atoms with Crippen molar-refractivity contribution in [2.45, 2.75) is 26.8 Å². The third-order valence-electron chi connectivity index (χ3n) is 3.14. The van der Waals surface area contributed by atoms with Crippen LogP contribution in [0.2, 0.25) is 0 Å². The van der Waals surface area contributed by atoms with Gasteiger partial charge < -0.3 is 10.4 Å². The van der Waals surface area contributed by atoms with E-state index in [1.807, 2.05) is 0 Å². The van der Waals surface area contributed by atoms with Gasteiger partial charge in [-0.15, -0.1) is 0 Å². The van der Waals surface area contributed by atoms with Crippen molar-refractivity contribution >= 4 is 27.6 Å². The van der Waals surface area contributed by atoms with Crippen LogP contribution in [0.4, 0.5) is 5.69 Å². The van der Waals surface area contributed by atoms with Crippen LogP contribution in [0.1, 0.15) is 32.4 Å². The summed E-state index contributed by atoms with van der Waals surface area (Å²) in [6.45, 7) is 4.33. The number of aliphatic carboxylic acids is 1. The highest BCUT2D eigenvalue weighted by Gasteiger charge is 2.36. The summed E-state index contributed by atoms with van der Waals surface area (Å²) in [6, 6.07) is 6.06. The molecule has 1 unspecified atom stereocenters. The molecule has 0 aliphatic rings. The molecule has 122 valence electrons. The highest BCUT2D eigenvalue weighted by Crippen LogP contribution is 2.21. The molecule has 0 aliphatic heterocycles. The Hall–Kier alpha value is -2.09. The van der Waals surface area contributed by atoms with Crippen molar-refractivity contribution in [1.29, 1.82) is 0 Å². The second-order valence-electron chi connectivity index (χ2n) is 5.62. The summed E-state index contributed by atoms with van der Waals surface area (Å²) in [4.78, 5) is 23.1. The van der Waals surface area contributed by atoms with E-state index < -0.39 is 33.4 Å². The Kier molecular flexibility index (Phi) is 5.18. The molecule has 0 aliphatic carbocycles. The zero-order chi connectivity index (χ0) is 17.1. The minimum atomic E-state index is -3.39. The molecular formula is C14H20N2O5S. The molecule has 1 rings (SSSR count). The van der Waals surface area contributed by atoms with Crippen molar-refractivity contribution in [1.82, 2.24) is 5.32 Å². The summed E-state index contributed by atoms with van der Waals surface area (Å²) >= 11 is 0. The summed E-state index contributed by atoms with van der Waals surface area (Å²) in [5.74, 6) is -1.83. The number of hydrogen-bond donors (Lipinski definition) is 3. The summed E-state index contributed by atoms with van der Waals surface area (Å²) in [5.41, 5.74) is -0.515. The van der Waals surface area contributed by atoms with E-state index in [9.17, 15) is 18.0 Å². The SMILES string of the molecule is CC(NC(=O)C(C)(C)C(=O)O)c1cccc(NS(C)(=O)=O)c1. The Morgan fingerprint density at radius 3 is 2.36 bits per heavy atom. The Bertz CT molecular complexity index is 682. The van der Waals surface area contributed by atoms with Gasteiger partial charge in [-0.05, 0) is 38.5 Å². The van der Waals surface area contributed by atoms with Crippen LogP contribution in [0.25, 0.3) is 0 Å². The fourth-order valence-corrected chi connectivity index (χ4v) is 2.20. The molecule has 1 aromatic carbocycles.